The van der Waals surface area contributed by atoms with Crippen LogP contribution in [-0.2, 0) is 11.3 Å². The Kier molecular flexibility index (Phi) is 4.53. The molecule has 1 aromatic rings. The Morgan fingerprint density at radius 3 is 3.00 bits per heavy atom. The SMILES string of the molecule is Cc1cnccc1CN1CC(C2C=CC(F)(I)C(F)=C2)CC1=O. The van der Waals surface area contributed by atoms with E-state index in [1.54, 1.807) is 23.4 Å². The second kappa shape index (κ2) is 6.30. The number of allylic oxidation sites excluding steroid dienone is 4. The van der Waals surface area contributed by atoms with Crippen LogP contribution in [0.4, 0.5) is 8.78 Å². The lowest BCUT2D eigenvalue weighted by molar-refractivity contribution is -0.128. The summed E-state index contributed by atoms with van der Waals surface area (Å²) < 4.78 is 25.5. The van der Waals surface area contributed by atoms with E-state index in [4.69, 9.17) is 0 Å². The van der Waals surface area contributed by atoms with Crippen LogP contribution >= 0.6 is 22.6 Å². The van der Waals surface area contributed by atoms with Crippen LogP contribution in [0.3, 0.4) is 0 Å². The number of rotatable bonds is 3. The molecule has 1 saturated heterocycles. The maximum Gasteiger partial charge on any atom is 0.229 e. The lowest BCUT2D eigenvalue weighted by Gasteiger charge is -2.24. The molecular formula is C17H17F2IN2O. The number of carbonyl (C=O) groups excluding carboxylic acids is 1. The molecule has 23 heavy (non-hydrogen) atoms. The Balaban J connectivity index is 1.70. The summed E-state index contributed by atoms with van der Waals surface area (Å²) in [6.07, 6.45) is 8.08. The van der Waals surface area contributed by atoms with E-state index in [0.717, 1.165) is 11.1 Å². The fourth-order valence-electron chi connectivity index (χ4n) is 3.04. The van der Waals surface area contributed by atoms with Gasteiger partial charge in [0.25, 0.3) is 0 Å². The largest absolute Gasteiger partial charge is 0.338 e. The van der Waals surface area contributed by atoms with Crippen molar-refractivity contribution in [3.63, 3.8) is 0 Å². The Bertz CT molecular complexity index is 687. The number of pyridine rings is 1. The van der Waals surface area contributed by atoms with Crippen molar-refractivity contribution in [2.24, 2.45) is 11.8 Å². The van der Waals surface area contributed by atoms with Crippen molar-refractivity contribution in [2.45, 2.75) is 23.6 Å². The van der Waals surface area contributed by atoms with Gasteiger partial charge in [0, 0.05) is 37.8 Å². The smallest absolute Gasteiger partial charge is 0.229 e. The zero-order chi connectivity index (χ0) is 16.6. The van der Waals surface area contributed by atoms with Crippen molar-refractivity contribution in [3.8, 4) is 0 Å². The highest BCUT2D eigenvalue weighted by molar-refractivity contribution is 14.1. The molecule has 0 aromatic carbocycles. The molecule has 2 aliphatic rings. The van der Waals surface area contributed by atoms with Gasteiger partial charge in [0.15, 0.2) is 0 Å². The summed E-state index contributed by atoms with van der Waals surface area (Å²) in [5, 5.41) is 0. The highest BCUT2D eigenvalue weighted by atomic mass is 127. The molecule has 122 valence electrons. The van der Waals surface area contributed by atoms with Crippen LogP contribution < -0.4 is 0 Å². The lowest BCUT2D eigenvalue weighted by atomic mass is 9.87. The summed E-state index contributed by atoms with van der Waals surface area (Å²) in [5.41, 5.74) is 2.10. The number of alkyl halides is 2. The number of amides is 1. The summed E-state index contributed by atoms with van der Waals surface area (Å²) in [6, 6.07) is 1.91. The van der Waals surface area contributed by atoms with Gasteiger partial charge in [0.2, 0.25) is 9.58 Å². The van der Waals surface area contributed by atoms with Gasteiger partial charge in [-0.15, -0.1) is 0 Å². The fourth-order valence-corrected chi connectivity index (χ4v) is 3.43. The van der Waals surface area contributed by atoms with Crippen molar-refractivity contribution in [3.05, 3.63) is 53.6 Å². The minimum atomic E-state index is -2.05. The monoisotopic (exact) mass is 430 g/mol. The fraction of sp³-hybridized carbons (Fsp3) is 0.412. The number of hydrogen-bond acceptors (Lipinski definition) is 2. The third-order valence-corrected chi connectivity index (χ3v) is 5.35. The van der Waals surface area contributed by atoms with E-state index in [2.05, 4.69) is 4.98 Å². The molecule has 3 atom stereocenters. The molecule has 6 heteroatoms. The normalized spacial score (nSPS) is 30.7. The number of halogens is 3. The molecule has 1 aromatic heterocycles. The van der Waals surface area contributed by atoms with Gasteiger partial charge in [0.05, 0.1) is 0 Å². The average Bonchev–Trinajstić information content (AvgIpc) is 2.85. The molecule has 0 N–H and O–H groups in total. The molecule has 0 bridgehead atoms. The van der Waals surface area contributed by atoms with Crippen LogP contribution in [0.15, 0.2) is 42.5 Å². The van der Waals surface area contributed by atoms with Gasteiger partial charge in [-0.3, -0.25) is 9.78 Å². The van der Waals surface area contributed by atoms with Crippen LogP contribution in [0.5, 0.6) is 0 Å². The molecule has 3 nitrogen and oxygen atoms in total. The van der Waals surface area contributed by atoms with Crippen LogP contribution in [0.1, 0.15) is 17.5 Å². The summed E-state index contributed by atoms with van der Waals surface area (Å²) in [4.78, 5) is 18.1. The number of hydrogen-bond donors (Lipinski definition) is 0. The quantitative estimate of drug-likeness (QED) is 0.415. The highest BCUT2D eigenvalue weighted by Gasteiger charge is 2.38. The summed E-state index contributed by atoms with van der Waals surface area (Å²) in [7, 11) is 0. The minimum absolute atomic E-state index is 0.0147. The Hall–Kier alpha value is -1.31. The molecule has 3 rings (SSSR count). The molecule has 1 fully saturated rings. The van der Waals surface area contributed by atoms with Crippen molar-refractivity contribution in [2.75, 3.05) is 6.54 Å². The van der Waals surface area contributed by atoms with Crippen molar-refractivity contribution in [1.29, 1.82) is 0 Å². The first-order chi connectivity index (χ1) is 10.9. The van der Waals surface area contributed by atoms with Crippen LogP contribution in [0.2, 0.25) is 0 Å². The second-order valence-electron chi connectivity index (χ2n) is 6.11. The third kappa shape index (κ3) is 3.46. The first-order valence-electron chi connectivity index (χ1n) is 7.49. The van der Waals surface area contributed by atoms with E-state index in [-0.39, 0.29) is 17.7 Å². The molecule has 2 heterocycles. The van der Waals surface area contributed by atoms with E-state index in [0.29, 0.717) is 19.5 Å². The van der Waals surface area contributed by atoms with E-state index < -0.39 is 9.50 Å². The van der Waals surface area contributed by atoms with Gasteiger partial charge in [0.1, 0.15) is 5.83 Å². The van der Waals surface area contributed by atoms with E-state index in [1.165, 1.54) is 34.7 Å². The van der Waals surface area contributed by atoms with Crippen molar-refractivity contribution < 1.29 is 13.6 Å². The minimum Gasteiger partial charge on any atom is -0.338 e. The molecule has 3 unspecified atom stereocenters. The summed E-state index contributed by atoms with van der Waals surface area (Å²) >= 11 is 1.44. The predicted molar refractivity (Wildman–Crippen MR) is 92.2 cm³/mol. The average molecular weight is 430 g/mol. The molecule has 1 amide bonds. The zero-order valence-corrected chi connectivity index (χ0v) is 14.8. The number of aromatic nitrogens is 1. The number of likely N-dealkylation sites (tertiary alicyclic amines) is 1. The molecule has 1 aliphatic heterocycles. The lowest BCUT2D eigenvalue weighted by Crippen LogP contribution is -2.26. The van der Waals surface area contributed by atoms with Crippen molar-refractivity contribution in [1.82, 2.24) is 9.88 Å². The molecule has 0 spiro atoms. The van der Waals surface area contributed by atoms with Crippen molar-refractivity contribution >= 4 is 28.5 Å². The molecule has 1 aliphatic carbocycles. The first kappa shape index (κ1) is 16.5. The van der Waals surface area contributed by atoms with E-state index >= 15 is 0 Å². The molecule has 0 saturated carbocycles. The van der Waals surface area contributed by atoms with Crippen LogP contribution in [-0.4, -0.2) is 26.0 Å². The highest BCUT2D eigenvalue weighted by Crippen LogP contribution is 2.40. The Labute approximate surface area is 147 Å². The van der Waals surface area contributed by atoms with Gasteiger partial charge in [-0.1, -0.05) is 6.08 Å². The maximum atomic E-state index is 13.8. The van der Waals surface area contributed by atoms with Gasteiger partial charge in [-0.05, 0) is 64.8 Å². The summed E-state index contributed by atoms with van der Waals surface area (Å²) in [5.74, 6) is -0.971. The molecular weight excluding hydrogens is 413 g/mol. The van der Waals surface area contributed by atoms with Gasteiger partial charge >= 0.3 is 0 Å². The second-order valence-corrected chi connectivity index (χ2v) is 7.68. The van der Waals surface area contributed by atoms with Crippen LogP contribution in [0.25, 0.3) is 0 Å². The standard InChI is InChI=1S/C17H17F2IN2O/c1-11-8-21-5-3-13(11)9-22-10-14(7-16(22)23)12-2-4-17(19,20)15(18)6-12/h2-6,8,12,14H,7,9-10H2,1H3. The number of nitrogens with zero attached hydrogens (tertiary/aromatic N) is 2. The van der Waals surface area contributed by atoms with E-state index in [9.17, 15) is 13.6 Å². The van der Waals surface area contributed by atoms with Crippen LogP contribution in [0, 0.1) is 18.8 Å². The predicted octanol–water partition coefficient (Wildman–Crippen LogP) is 3.88. The number of aryl methyl sites for hydroxylation is 1. The number of carbonyl (C=O) groups is 1. The van der Waals surface area contributed by atoms with Gasteiger partial charge < -0.3 is 4.90 Å². The maximum absolute atomic E-state index is 13.8. The molecule has 0 radical (unpaired) electrons. The topological polar surface area (TPSA) is 33.2 Å². The third-order valence-electron chi connectivity index (χ3n) is 4.47. The summed E-state index contributed by atoms with van der Waals surface area (Å²) in [6.45, 7) is 3.05. The van der Waals surface area contributed by atoms with E-state index in [1.807, 2.05) is 13.0 Å². The van der Waals surface area contributed by atoms with Gasteiger partial charge in [-0.2, -0.15) is 0 Å². The Morgan fingerprint density at radius 2 is 2.30 bits per heavy atom. The first-order valence-corrected chi connectivity index (χ1v) is 8.57. The Morgan fingerprint density at radius 1 is 1.52 bits per heavy atom. The van der Waals surface area contributed by atoms with Gasteiger partial charge in [-0.25, -0.2) is 8.78 Å². The zero-order valence-electron chi connectivity index (χ0n) is 12.7.